The lowest BCUT2D eigenvalue weighted by molar-refractivity contribution is 0.461. The molecule has 2 aromatic carbocycles. The Hall–Kier alpha value is -4.19. The van der Waals surface area contributed by atoms with Gasteiger partial charge in [-0.15, -0.1) is 11.3 Å². The molecule has 7 rings (SSSR count). The standard InChI is InChI=1S/C34H34N6O3S2/c1-22-7-5-11-28(22)29-17-25-19-36-34(38-26-14-12-23(13-15-26)24-8-6-16-35-18-24)39-31(25)40(33(29)41)20-30-32(37-21-44-30)45(42,43)27-9-3-2-4-10-27/h2-4,9-10,12-15,17,19,21,24,35H,5-8,11,16,18,20H2,1H3,(H,36,38,39). The largest absolute Gasteiger partial charge is 0.324 e. The molecular weight excluding hydrogens is 605 g/mol. The van der Waals surface area contributed by atoms with E-state index in [1.54, 1.807) is 41.1 Å². The minimum absolute atomic E-state index is 0.0160. The molecule has 1 unspecified atom stereocenters. The van der Waals surface area contributed by atoms with E-state index < -0.39 is 9.84 Å². The van der Waals surface area contributed by atoms with Gasteiger partial charge in [-0.05, 0) is 93.0 Å². The van der Waals surface area contributed by atoms with Crippen molar-refractivity contribution in [2.75, 3.05) is 18.4 Å². The molecule has 0 spiro atoms. The van der Waals surface area contributed by atoms with Crippen molar-refractivity contribution in [1.82, 2.24) is 24.8 Å². The third-order valence-electron chi connectivity index (χ3n) is 8.79. The molecule has 230 valence electrons. The summed E-state index contributed by atoms with van der Waals surface area (Å²) in [6, 6.07) is 18.5. The number of fused-ring (bicyclic) bond motifs is 1. The molecule has 0 saturated carbocycles. The molecule has 0 radical (unpaired) electrons. The fraction of sp³-hybridized carbons (Fsp3) is 0.294. The van der Waals surface area contributed by atoms with Gasteiger partial charge in [0, 0.05) is 29.4 Å². The van der Waals surface area contributed by atoms with Crippen LogP contribution in [0.1, 0.15) is 60.9 Å². The predicted molar refractivity (Wildman–Crippen MR) is 178 cm³/mol. The second kappa shape index (κ2) is 12.3. The number of anilines is 2. The Kier molecular flexibility index (Phi) is 8.07. The summed E-state index contributed by atoms with van der Waals surface area (Å²) in [6.45, 7) is 4.16. The van der Waals surface area contributed by atoms with Crippen molar-refractivity contribution in [2.24, 2.45) is 0 Å². The highest BCUT2D eigenvalue weighted by molar-refractivity contribution is 7.91. The van der Waals surface area contributed by atoms with Crippen molar-refractivity contribution in [3.63, 3.8) is 0 Å². The van der Waals surface area contributed by atoms with E-state index >= 15 is 0 Å². The zero-order valence-corrected chi connectivity index (χ0v) is 26.6. The number of nitrogens with one attached hydrogen (secondary N) is 2. The highest BCUT2D eigenvalue weighted by Crippen LogP contribution is 2.34. The van der Waals surface area contributed by atoms with E-state index in [1.807, 2.05) is 18.2 Å². The van der Waals surface area contributed by atoms with Crippen molar-refractivity contribution < 1.29 is 8.42 Å². The fourth-order valence-corrected chi connectivity index (χ4v) is 8.86. The van der Waals surface area contributed by atoms with Gasteiger partial charge in [-0.3, -0.25) is 9.36 Å². The zero-order valence-electron chi connectivity index (χ0n) is 25.0. The SMILES string of the molecule is CC1=C(c2cc3cnc(Nc4ccc(C5CCCNC5)cc4)nc3n(Cc3scnc3S(=O)(=O)c3ccccc3)c2=O)CCC1. The number of nitrogens with zero attached hydrogens (tertiary/aromatic N) is 4. The minimum Gasteiger partial charge on any atom is -0.324 e. The molecule has 45 heavy (non-hydrogen) atoms. The van der Waals surface area contributed by atoms with Gasteiger partial charge in [0.1, 0.15) is 5.65 Å². The number of aromatic nitrogens is 4. The number of sulfone groups is 1. The summed E-state index contributed by atoms with van der Waals surface area (Å²) in [7, 11) is -3.88. The first kappa shape index (κ1) is 29.5. The van der Waals surface area contributed by atoms with Crippen molar-refractivity contribution in [2.45, 2.75) is 61.4 Å². The Morgan fingerprint density at radius 1 is 1.04 bits per heavy atom. The number of thiazole rings is 1. The molecule has 2 aliphatic rings. The lowest BCUT2D eigenvalue weighted by atomic mass is 9.92. The number of allylic oxidation sites excluding steroid dienone is 2. The van der Waals surface area contributed by atoms with E-state index in [0.717, 1.165) is 43.6 Å². The number of hydrogen-bond donors (Lipinski definition) is 2. The first-order valence-corrected chi connectivity index (χ1v) is 17.6. The van der Waals surface area contributed by atoms with Gasteiger partial charge >= 0.3 is 0 Å². The number of hydrogen-bond acceptors (Lipinski definition) is 9. The second-order valence-corrected chi connectivity index (χ2v) is 14.5. The predicted octanol–water partition coefficient (Wildman–Crippen LogP) is 6.30. The van der Waals surface area contributed by atoms with Gasteiger partial charge in [-0.25, -0.2) is 18.4 Å². The van der Waals surface area contributed by atoms with Gasteiger partial charge in [0.05, 0.1) is 21.8 Å². The molecule has 2 N–H and O–H groups in total. The first-order chi connectivity index (χ1) is 21.9. The van der Waals surface area contributed by atoms with Gasteiger partial charge in [0.2, 0.25) is 15.8 Å². The van der Waals surface area contributed by atoms with Crippen LogP contribution in [-0.4, -0.2) is 41.0 Å². The maximum absolute atomic E-state index is 14.2. The smallest absolute Gasteiger partial charge is 0.260 e. The van der Waals surface area contributed by atoms with Crippen LogP contribution in [0.3, 0.4) is 0 Å². The van der Waals surface area contributed by atoms with E-state index in [-0.39, 0.29) is 22.0 Å². The molecule has 11 heteroatoms. The van der Waals surface area contributed by atoms with Crippen LogP contribution in [0.25, 0.3) is 16.6 Å². The molecule has 5 aromatic rings. The number of pyridine rings is 1. The van der Waals surface area contributed by atoms with Gasteiger partial charge in [-0.2, -0.15) is 4.98 Å². The molecule has 0 amide bonds. The summed E-state index contributed by atoms with van der Waals surface area (Å²) in [5, 5.41) is 7.44. The van der Waals surface area contributed by atoms with Crippen molar-refractivity contribution in [3.8, 4) is 0 Å². The Morgan fingerprint density at radius 2 is 1.87 bits per heavy atom. The van der Waals surface area contributed by atoms with Gasteiger partial charge < -0.3 is 10.6 Å². The maximum Gasteiger partial charge on any atom is 0.260 e. The number of piperidine rings is 1. The highest BCUT2D eigenvalue weighted by Gasteiger charge is 2.26. The molecule has 1 aliphatic heterocycles. The van der Waals surface area contributed by atoms with E-state index in [1.165, 1.54) is 40.8 Å². The fourth-order valence-electron chi connectivity index (χ4n) is 6.38. The topological polar surface area (TPSA) is 119 Å². The summed E-state index contributed by atoms with van der Waals surface area (Å²) in [5.41, 5.74) is 6.76. The zero-order chi connectivity index (χ0) is 31.0. The summed E-state index contributed by atoms with van der Waals surface area (Å²) in [5.74, 6) is 0.863. The average Bonchev–Trinajstić information content (AvgIpc) is 3.73. The van der Waals surface area contributed by atoms with Crippen LogP contribution in [0.4, 0.5) is 11.6 Å². The quantitative estimate of drug-likeness (QED) is 0.203. The minimum atomic E-state index is -3.88. The summed E-state index contributed by atoms with van der Waals surface area (Å²) in [6.07, 6.45) is 6.87. The third-order valence-corrected chi connectivity index (χ3v) is 11.5. The molecule has 3 aromatic heterocycles. The summed E-state index contributed by atoms with van der Waals surface area (Å²) >= 11 is 1.22. The summed E-state index contributed by atoms with van der Waals surface area (Å²) in [4.78, 5) is 28.5. The van der Waals surface area contributed by atoms with Crippen LogP contribution in [0.2, 0.25) is 0 Å². The van der Waals surface area contributed by atoms with Crippen LogP contribution >= 0.6 is 11.3 Å². The van der Waals surface area contributed by atoms with Crippen molar-refractivity contribution in [1.29, 1.82) is 0 Å². The molecule has 0 bridgehead atoms. The lowest BCUT2D eigenvalue weighted by Crippen LogP contribution is -2.28. The van der Waals surface area contributed by atoms with E-state index in [4.69, 9.17) is 4.98 Å². The number of benzene rings is 2. The van der Waals surface area contributed by atoms with Crippen LogP contribution in [-0.2, 0) is 16.4 Å². The van der Waals surface area contributed by atoms with Crippen LogP contribution < -0.4 is 16.2 Å². The molecule has 1 fully saturated rings. The van der Waals surface area contributed by atoms with Gasteiger partial charge in [-0.1, -0.05) is 35.9 Å². The van der Waals surface area contributed by atoms with Gasteiger partial charge in [0.15, 0.2) is 5.03 Å². The van der Waals surface area contributed by atoms with Gasteiger partial charge in [0.25, 0.3) is 5.56 Å². The Bertz CT molecular complexity index is 2060. The van der Waals surface area contributed by atoms with Crippen LogP contribution in [0, 0.1) is 0 Å². The number of rotatable bonds is 8. The van der Waals surface area contributed by atoms with E-state index in [0.29, 0.717) is 33.3 Å². The van der Waals surface area contributed by atoms with Crippen LogP contribution in [0.5, 0.6) is 0 Å². The lowest BCUT2D eigenvalue weighted by Gasteiger charge is -2.23. The molecular formula is C34H34N6O3S2. The van der Waals surface area contributed by atoms with Crippen LogP contribution in [0.15, 0.2) is 92.7 Å². The van der Waals surface area contributed by atoms with Crippen molar-refractivity contribution >= 4 is 49.4 Å². The Labute approximate surface area is 266 Å². The Morgan fingerprint density at radius 3 is 2.60 bits per heavy atom. The van der Waals surface area contributed by atoms with E-state index in [9.17, 15) is 13.2 Å². The average molecular weight is 639 g/mol. The molecule has 4 heterocycles. The molecule has 9 nitrogen and oxygen atoms in total. The first-order valence-electron chi connectivity index (χ1n) is 15.3. The van der Waals surface area contributed by atoms with E-state index in [2.05, 4.69) is 39.7 Å². The normalized spacial score (nSPS) is 17.2. The summed E-state index contributed by atoms with van der Waals surface area (Å²) < 4.78 is 28.7. The monoisotopic (exact) mass is 638 g/mol. The Balaban J connectivity index is 1.28. The maximum atomic E-state index is 14.2. The third kappa shape index (κ3) is 5.83. The molecule has 1 atom stereocenters. The highest BCUT2D eigenvalue weighted by atomic mass is 32.2. The molecule has 1 aliphatic carbocycles. The second-order valence-electron chi connectivity index (χ2n) is 11.7. The molecule has 1 saturated heterocycles. The van der Waals surface area contributed by atoms with Crippen molar-refractivity contribution in [3.05, 3.63) is 104 Å².